The number of aliphatic carboxylic acids is 1. The van der Waals surface area contributed by atoms with E-state index in [9.17, 15) is 14.7 Å². The van der Waals surface area contributed by atoms with Gasteiger partial charge in [0, 0.05) is 25.6 Å². The zero-order valence-electron chi connectivity index (χ0n) is 11.7. The number of carbonyl (C=O) groups excluding carboxylic acids is 1. The lowest BCUT2D eigenvalue weighted by molar-refractivity contribution is -0.136. The van der Waals surface area contributed by atoms with Gasteiger partial charge in [0.25, 0.3) is 0 Å². The molecule has 7 nitrogen and oxygen atoms in total. The van der Waals surface area contributed by atoms with Crippen molar-refractivity contribution in [3.8, 4) is 0 Å². The molecule has 1 aliphatic rings. The van der Waals surface area contributed by atoms with Gasteiger partial charge < -0.3 is 24.8 Å². The normalized spacial score (nSPS) is 19.5. The number of carboxylic acids is 1. The topological polar surface area (TPSA) is 103 Å². The summed E-state index contributed by atoms with van der Waals surface area (Å²) in [4.78, 5) is 24.1. The monoisotopic (exact) mass is 296 g/mol. The average molecular weight is 296 g/mol. The van der Waals surface area contributed by atoms with Crippen molar-refractivity contribution < 1.29 is 24.2 Å². The van der Waals surface area contributed by atoms with E-state index in [1.54, 1.807) is 17.0 Å². The van der Waals surface area contributed by atoms with Crippen molar-refractivity contribution in [2.24, 2.45) is 0 Å². The highest BCUT2D eigenvalue weighted by Gasteiger charge is 2.31. The minimum Gasteiger partial charge on any atom is -0.481 e. The lowest BCUT2D eigenvalue weighted by atomic mass is 10.1. The van der Waals surface area contributed by atoms with Gasteiger partial charge in [-0.3, -0.25) is 4.79 Å². The highest BCUT2D eigenvalue weighted by Crippen LogP contribution is 2.27. The minimum absolute atomic E-state index is 0.0603. The van der Waals surface area contributed by atoms with Crippen LogP contribution in [0.2, 0.25) is 0 Å². The smallest absolute Gasteiger partial charge is 0.317 e. The van der Waals surface area contributed by atoms with Crippen LogP contribution in [-0.4, -0.2) is 46.2 Å². The fourth-order valence-electron chi connectivity index (χ4n) is 2.58. The number of rotatable bonds is 6. The van der Waals surface area contributed by atoms with Crippen molar-refractivity contribution in [3.63, 3.8) is 0 Å². The van der Waals surface area contributed by atoms with Crippen LogP contribution in [0.4, 0.5) is 4.79 Å². The minimum atomic E-state index is -0.943. The molecule has 2 amide bonds. The molecule has 21 heavy (non-hydrogen) atoms. The van der Waals surface area contributed by atoms with E-state index in [1.807, 2.05) is 0 Å². The van der Waals surface area contributed by atoms with Gasteiger partial charge in [-0.1, -0.05) is 0 Å². The largest absolute Gasteiger partial charge is 0.481 e. The van der Waals surface area contributed by atoms with E-state index in [4.69, 9.17) is 9.52 Å². The van der Waals surface area contributed by atoms with Gasteiger partial charge in [0.2, 0.25) is 0 Å². The Morgan fingerprint density at radius 3 is 3.00 bits per heavy atom. The van der Waals surface area contributed by atoms with Crippen LogP contribution in [0.1, 0.15) is 37.5 Å². The molecule has 3 N–H and O–H groups in total. The van der Waals surface area contributed by atoms with E-state index in [0.717, 1.165) is 12.8 Å². The SMILES string of the molecule is O=C(O)CCNC(=O)N1CCCC1CC(O)c1ccco1. The summed E-state index contributed by atoms with van der Waals surface area (Å²) in [5.41, 5.74) is 0. The highest BCUT2D eigenvalue weighted by molar-refractivity contribution is 5.75. The first kappa shape index (κ1) is 15.4. The van der Waals surface area contributed by atoms with Crippen LogP contribution >= 0.6 is 0 Å². The summed E-state index contributed by atoms with van der Waals surface area (Å²) in [5.74, 6) is -0.449. The number of aliphatic hydroxyl groups is 1. The summed E-state index contributed by atoms with van der Waals surface area (Å²) < 4.78 is 5.16. The first-order valence-corrected chi connectivity index (χ1v) is 7.05. The van der Waals surface area contributed by atoms with Crippen LogP contribution in [0.25, 0.3) is 0 Å². The molecule has 0 aromatic carbocycles. The molecule has 0 spiro atoms. The van der Waals surface area contributed by atoms with Gasteiger partial charge in [-0.25, -0.2) is 4.79 Å². The molecule has 2 unspecified atom stereocenters. The lowest BCUT2D eigenvalue weighted by Crippen LogP contribution is -2.43. The van der Waals surface area contributed by atoms with Crippen molar-refractivity contribution >= 4 is 12.0 Å². The Hall–Kier alpha value is -2.02. The lowest BCUT2D eigenvalue weighted by Gasteiger charge is -2.26. The first-order chi connectivity index (χ1) is 10.1. The van der Waals surface area contributed by atoms with Crippen LogP contribution in [0.5, 0.6) is 0 Å². The standard InChI is InChI=1S/C14H20N2O5/c17-11(12-4-2-8-21-12)9-10-3-1-7-16(10)14(20)15-6-5-13(18)19/h2,4,8,10-11,17H,1,3,5-7,9H2,(H,15,20)(H,18,19). The fourth-order valence-corrected chi connectivity index (χ4v) is 2.58. The number of hydrogen-bond acceptors (Lipinski definition) is 4. The molecule has 1 fully saturated rings. The first-order valence-electron chi connectivity index (χ1n) is 7.05. The van der Waals surface area contributed by atoms with Crippen molar-refractivity contribution in [2.45, 2.75) is 37.8 Å². The molecule has 2 heterocycles. The number of furan rings is 1. The van der Waals surface area contributed by atoms with Crippen LogP contribution in [0, 0.1) is 0 Å². The van der Waals surface area contributed by atoms with Crippen LogP contribution in [-0.2, 0) is 4.79 Å². The molecule has 1 saturated heterocycles. The van der Waals surface area contributed by atoms with E-state index in [-0.39, 0.29) is 25.0 Å². The fraction of sp³-hybridized carbons (Fsp3) is 0.571. The van der Waals surface area contributed by atoms with Gasteiger partial charge in [-0.2, -0.15) is 0 Å². The van der Waals surface area contributed by atoms with Crippen LogP contribution in [0.15, 0.2) is 22.8 Å². The van der Waals surface area contributed by atoms with Gasteiger partial charge in [0.15, 0.2) is 0 Å². The number of carboxylic acid groups (broad SMARTS) is 1. The molecule has 1 aromatic heterocycles. The summed E-state index contributed by atoms with van der Waals surface area (Å²) in [6.07, 6.45) is 2.78. The van der Waals surface area contributed by atoms with E-state index >= 15 is 0 Å². The molecule has 1 aromatic rings. The highest BCUT2D eigenvalue weighted by atomic mass is 16.4. The third kappa shape index (κ3) is 4.22. The molecule has 7 heteroatoms. The van der Waals surface area contributed by atoms with E-state index < -0.39 is 12.1 Å². The summed E-state index contributed by atoms with van der Waals surface area (Å²) in [5, 5.41) is 21.2. The second-order valence-corrected chi connectivity index (χ2v) is 5.13. The summed E-state index contributed by atoms with van der Waals surface area (Å²) in [7, 11) is 0. The predicted octanol–water partition coefficient (Wildman–Crippen LogP) is 1.35. The number of nitrogens with one attached hydrogen (secondary N) is 1. The Bertz CT molecular complexity index is 474. The molecule has 0 radical (unpaired) electrons. The van der Waals surface area contributed by atoms with Crippen molar-refractivity contribution in [1.82, 2.24) is 10.2 Å². The van der Waals surface area contributed by atoms with Gasteiger partial charge in [-0.05, 0) is 25.0 Å². The molecular formula is C14H20N2O5. The van der Waals surface area contributed by atoms with Crippen LogP contribution < -0.4 is 5.32 Å². The van der Waals surface area contributed by atoms with Crippen molar-refractivity contribution in [3.05, 3.63) is 24.2 Å². The zero-order chi connectivity index (χ0) is 15.2. The number of amides is 2. The number of urea groups is 1. The second-order valence-electron chi connectivity index (χ2n) is 5.13. The number of likely N-dealkylation sites (tertiary alicyclic amines) is 1. The molecule has 0 saturated carbocycles. The third-order valence-electron chi connectivity index (χ3n) is 3.62. The Kier molecular flexibility index (Phi) is 5.21. The average Bonchev–Trinajstić information content (AvgIpc) is 3.09. The van der Waals surface area contributed by atoms with Gasteiger partial charge >= 0.3 is 12.0 Å². The van der Waals surface area contributed by atoms with Gasteiger partial charge in [0.1, 0.15) is 11.9 Å². The molecular weight excluding hydrogens is 276 g/mol. The summed E-state index contributed by atoms with van der Waals surface area (Å²) in [6.45, 7) is 0.729. The number of nitrogens with zero attached hydrogens (tertiary/aromatic N) is 1. The second kappa shape index (κ2) is 7.12. The molecule has 116 valence electrons. The summed E-state index contributed by atoms with van der Waals surface area (Å²) in [6, 6.07) is 3.08. The predicted molar refractivity (Wildman–Crippen MR) is 73.7 cm³/mol. The van der Waals surface area contributed by atoms with Crippen molar-refractivity contribution in [1.29, 1.82) is 0 Å². The Morgan fingerprint density at radius 1 is 1.52 bits per heavy atom. The number of aliphatic hydroxyl groups excluding tert-OH is 1. The van der Waals surface area contributed by atoms with Gasteiger partial charge in [0.05, 0.1) is 12.7 Å². The Balaban J connectivity index is 1.84. The van der Waals surface area contributed by atoms with E-state index in [2.05, 4.69) is 5.32 Å². The maximum atomic E-state index is 12.0. The molecule has 1 aliphatic heterocycles. The molecule has 0 aliphatic carbocycles. The number of hydrogen-bond donors (Lipinski definition) is 3. The third-order valence-corrected chi connectivity index (χ3v) is 3.62. The van der Waals surface area contributed by atoms with E-state index in [1.165, 1.54) is 6.26 Å². The molecule has 2 rings (SSSR count). The maximum absolute atomic E-state index is 12.0. The summed E-state index contributed by atoms with van der Waals surface area (Å²) >= 11 is 0. The van der Waals surface area contributed by atoms with E-state index in [0.29, 0.717) is 18.7 Å². The quantitative estimate of drug-likeness (QED) is 0.735. The number of carbonyl (C=O) groups is 2. The Labute approximate surface area is 122 Å². The maximum Gasteiger partial charge on any atom is 0.317 e. The molecule has 0 bridgehead atoms. The van der Waals surface area contributed by atoms with Gasteiger partial charge in [-0.15, -0.1) is 0 Å². The van der Waals surface area contributed by atoms with Crippen molar-refractivity contribution in [2.75, 3.05) is 13.1 Å². The Morgan fingerprint density at radius 2 is 2.33 bits per heavy atom. The zero-order valence-corrected chi connectivity index (χ0v) is 11.7. The van der Waals surface area contributed by atoms with Crippen LogP contribution in [0.3, 0.4) is 0 Å². The molecule has 2 atom stereocenters.